The molecule has 0 radical (unpaired) electrons. The monoisotopic (exact) mass is 298 g/mol. The Morgan fingerprint density at radius 2 is 2.05 bits per heavy atom. The summed E-state index contributed by atoms with van der Waals surface area (Å²) in [5.41, 5.74) is 0.0237. The first-order valence-corrected chi connectivity index (χ1v) is 8.08. The molecule has 122 valence electrons. The summed E-state index contributed by atoms with van der Waals surface area (Å²) >= 11 is 0. The molecule has 1 saturated heterocycles. The Morgan fingerprint density at radius 3 is 2.71 bits per heavy atom. The highest BCUT2D eigenvalue weighted by atomic mass is 16.5. The second-order valence-electron chi connectivity index (χ2n) is 7.49. The van der Waals surface area contributed by atoms with Crippen LogP contribution in [0.5, 0.6) is 0 Å². The largest absolute Gasteiger partial charge is 0.379 e. The van der Waals surface area contributed by atoms with Crippen molar-refractivity contribution in [3.63, 3.8) is 0 Å². The number of hydrogen-bond donors (Lipinski definition) is 2. The Morgan fingerprint density at radius 1 is 1.33 bits per heavy atom. The van der Waals surface area contributed by atoms with Crippen molar-refractivity contribution in [1.82, 2.24) is 10.6 Å². The highest BCUT2D eigenvalue weighted by molar-refractivity contribution is 5.75. The second kappa shape index (κ2) is 6.53. The molecule has 21 heavy (non-hydrogen) atoms. The minimum absolute atomic E-state index is 0.0163. The Bertz CT molecular complexity index is 371. The van der Waals surface area contributed by atoms with Crippen LogP contribution in [0.2, 0.25) is 0 Å². The number of nitrogens with one attached hydrogen (secondary N) is 2. The smallest absolute Gasteiger partial charge is 0.315 e. The molecule has 0 bridgehead atoms. The van der Waals surface area contributed by atoms with Crippen LogP contribution in [0.25, 0.3) is 0 Å². The number of amides is 2. The standard InChI is InChI=1S/C16H30N2O3/c1-10(2)8-20-9-11(3)17-15(19)18-13-12-6-7-21-14(12)16(13,4)5/h10-14H,6-9H2,1-5H3,(H2,17,18,19)/t11-,12+,13+,14-/m0/s1. The summed E-state index contributed by atoms with van der Waals surface area (Å²) in [6, 6.07) is 0.121. The van der Waals surface area contributed by atoms with E-state index in [1.807, 2.05) is 6.92 Å². The number of ether oxygens (including phenoxy) is 2. The molecule has 2 amide bonds. The topological polar surface area (TPSA) is 59.6 Å². The summed E-state index contributed by atoms with van der Waals surface area (Å²) in [6.07, 6.45) is 1.35. The average Bonchev–Trinajstić information content (AvgIpc) is 2.82. The Balaban J connectivity index is 1.72. The van der Waals surface area contributed by atoms with E-state index in [-0.39, 0.29) is 23.5 Å². The molecule has 0 aromatic carbocycles. The first-order valence-electron chi connectivity index (χ1n) is 8.08. The van der Waals surface area contributed by atoms with Crippen LogP contribution >= 0.6 is 0 Å². The molecule has 2 rings (SSSR count). The molecule has 0 aromatic rings. The van der Waals surface area contributed by atoms with E-state index < -0.39 is 0 Å². The molecule has 1 saturated carbocycles. The van der Waals surface area contributed by atoms with Gasteiger partial charge in [0.2, 0.25) is 0 Å². The zero-order valence-electron chi connectivity index (χ0n) is 13.9. The van der Waals surface area contributed by atoms with Gasteiger partial charge in [-0.05, 0) is 19.3 Å². The predicted octanol–water partition coefficient (Wildman–Crippen LogP) is 2.16. The van der Waals surface area contributed by atoms with Crippen LogP contribution in [-0.4, -0.2) is 44.0 Å². The normalized spacial score (nSPS) is 31.4. The fourth-order valence-corrected chi connectivity index (χ4v) is 3.55. The van der Waals surface area contributed by atoms with Crippen LogP contribution in [0.15, 0.2) is 0 Å². The van der Waals surface area contributed by atoms with Crippen LogP contribution in [0.4, 0.5) is 4.79 Å². The summed E-state index contributed by atoms with van der Waals surface area (Å²) in [4.78, 5) is 12.1. The van der Waals surface area contributed by atoms with Crippen LogP contribution in [0, 0.1) is 17.3 Å². The molecule has 0 aromatic heterocycles. The van der Waals surface area contributed by atoms with Gasteiger partial charge in [-0.15, -0.1) is 0 Å². The minimum Gasteiger partial charge on any atom is -0.379 e. The first kappa shape index (κ1) is 16.6. The molecule has 2 N–H and O–H groups in total. The first-order chi connectivity index (χ1) is 9.82. The molecule has 2 fully saturated rings. The molecular formula is C16H30N2O3. The summed E-state index contributed by atoms with van der Waals surface area (Å²) in [6.45, 7) is 12.6. The maximum absolute atomic E-state index is 12.1. The van der Waals surface area contributed by atoms with Crippen molar-refractivity contribution in [3.8, 4) is 0 Å². The number of hydrogen-bond acceptors (Lipinski definition) is 3. The molecule has 1 aliphatic heterocycles. The lowest BCUT2D eigenvalue weighted by Crippen LogP contribution is -2.68. The fourth-order valence-electron chi connectivity index (χ4n) is 3.55. The lowest BCUT2D eigenvalue weighted by atomic mass is 9.57. The maximum Gasteiger partial charge on any atom is 0.315 e. The summed E-state index contributed by atoms with van der Waals surface area (Å²) in [7, 11) is 0. The van der Waals surface area contributed by atoms with Gasteiger partial charge in [-0.1, -0.05) is 27.7 Å². The third-order valence-corrected chi connectivity index (χ3v) is 4.58. The van der Waals surface area contributed by atoms with E-state index in [1.54, 1.807) is 0 Å². The molecular weight excluding hydrogens is 268 g/mol. The number of carbonyl (C=O) groups excluding carboxylic acids is 1. The van der Waals surface area contributed by atoms with Crippen molar-refractivity contribution < 1.29 is 14.3 Å². The third-order valence-electron chi connectivity index (χ3n) is 4.58. The van der Waals surface area contributed by atoms with Gasteiger partial charge < -0.3 is 20.1 Å². The van der Waals surface area contributed by atoms with Crippen LogP contribution < -0.4 is 10.6 Å². The third kappa shape index (κ3) is 3.69. The lowest BCUT2D eigenvalue weighted by molar-refractivity contribution is -0.108. The Kier molecular flexibility index (Phi) is 5.15. The van der Waals surface area contributed by atoms with E-state index in [4.69, 9.17) is 9.47 Å². The lowest BCUT2D eigenvalue weighted by Gasteiger charge is -2.54. The minimum atomic E-state index is -0.0981. The Labute approximate surface area is 128 Å². The van der Waals surface area contributed by atoms with Crippen molar-refractivity contribution in [2.24, 2.45) is 17.3 Å². The number of rotatable bonds is 6. The fraction of sp³-hybridized carbons (Fsp3) is 0.938. The zero-order valence-corrected chi connectivity index (χ0v) is 13.9. The van der Waals surface area contributed by atoms with E-state index >= 15 is 0 Å². The quantitative estimate of drug-likeness (QED) is 0.790. The highest BCUT2D eigenvalue weighted by Gasteiger charge is 2.59. The molecule has 4 atom stereocenters. The Hall–Kier alpha value is -0.810. The zero-order chi connectivity index (χ0) is 15.6. The van der Waals surface area contributed by atoms with E-state index in [0.717, 1.165) is 19.6 Å². The summed E-state index contributed by atoms with van der Waals surface area (Å²) < 4.78 is 11.3. The molecule has 1 heterocycles. The van der Waals surface area contributed by atoms with Gasteiger partial charge in [0, 0.05) is 30.6 Å². The van der Waals surface area contributed by atoms with Crippen LogP contribution in [-0.2, 0) is 9.47 Å². The van der Waals surface area contributed by atoms with Crippen LogP contribution in [0.3, 0.4) is 0 Å². The maximum atomic E-state index is 12.1. The SMILES string of the molecule is CC(C)COC[C@H](C)NC(=O)N[C@@H]1[C@H]2CCO[C@@H]2C1(C)C. The van der Waals surface area contributed by atoms with Gasteiger partial charge in [-0.2, -0.15) is 0 Å². The molecule has 2 aliphatic rings. The van der Waals surface area contributed by atoms with E-state index in [9.17, 15) is 4.79 Å². The second-order valence-corrected chi connectivity index (χ2v) is 7.49. The van der Waals surface area contributed by atoms with Crippen molar-refractivity contribution in [3.05, 3.63) is 0 Å². The van der Waals surface area contributed by atoms with Gasteiger partial charge in [0.05, 0.1) is 18.8 Å². The van der Waals surface area contributed by atoms with Gasteiger partial charge in [0.15, 0.2) is 0 Å². The van der Waals surface area contributed by atoms with E-state index in [0.29, 0.717) is 24.5 Å². The number of fused-ring (bicyclic) bond motifs is 1. The van der Waals surface area contributed by atoms with Gasteiger partial charge in [0.25, 0.3) is 0 Å². The highest BCUT2D eigenvalue weighted by Crippen LogP contribution is 2.51. The molecule has 5 nitrogen and oxygen atoms in total. The van der Waals surface area contributed by atoms with Crippen molar-refractivity contribution in [1.29, 1.82) is 0 Å². The summed E-state index contributed by atoms with van der Waals surface area (Å²) in [5.74, 6) is 0.986. The van der Waals surface area contributed by atoms with E-state index in [2.05, 4.69) is 38.3 Å². The molecule has 0 unspecified atom stereocenters. The number of urea groups is 1. The van der Waals surface area contributed by atoms with Gasteiger partial charge in [0.1, 0.15) is 0 Å². The molecule has 1 aliphatic carbocycles. The van der Waals surface area contributed by atoms with E-state index in [1.165, 1.54) is 0 Å². The van der Waals surface area contributed by atoms with Gasteiger partial charge >= 0.3 is 6.03 Å². The predicted molar refractivity (Wildman–Crippen MR) is 82.2 cm³/mol. The molecule has 0 spiro atoms. The van der Waals surface area contributed by atoms with Gasteiger partial charge in [-0.3, -0.25) is 0 Å². The van der Waals surface area contributed by atoms with Gasteiger partial charge in [-0.25, -0.2) is 4.79 Å². The van der Waals surface area contributed by atoms with Crippen molar-refractivity contribution in [2.75, 3.05) is 19.8 Å². The molecule has 5 heteroatoms. The summed E-state index contributed by atoms with van der Waals surface area (Å²) in [5, 5.41) is 6.08. The number of carbonyl (C=O) groups is 1. The van der Waals surface area contributed by atoms with Crippen LogP contribution in [0.1, 0.15) is 41.0 Å². The van der Waals surface area contributed by atoms with Crippen molar-refractivity contribution in [2.45, 2.75) is 59.2 Å². The average molecular weight is 298 g/mol. The van der Waals surface area contributed by atoms with Crippen molar-refractivity contribution >= 4 is 6.03 Å².